The van der Waals surface area contributed by atoms with Crippen LogP contribution in [0.5, 0.6) is 0 Å². The average Bonchev–Trinajstić information content (AvgIpc) is 2.55. The maximum atomic E-state index is 12.4. The number of carbonyl (C=O) groups is 1. The van der Waals surface area contributed by atoms with Gasteiger partial charge in [0.15, 0.2) is 0 Å². The van der Waals surface area contributed by atoms with Crippen LogP contribution >= 0.6 is 0 Å². The molecule has 2 fully saturated rings. The van der Waals surface area contributed by atoms with Crippen molar-refractivity contribution in [3.8, 4) is 0 Å². The molecule has 0 aromatic carbocycles. The van der Waals surface area contributed by atoms with Gasteiger partial charge in [-0.3, -0.25) is 4.79 Å². The fourth-order valence-corrected chi connectivity index (χ4v) is 3.19. The van der Waals surface area contributed by atoms with E-state index in [-0.39, 0.29) is 5.92 Å². The van der Waals surface area contributed by atoms with Gasteiger partial charge < -0.3 is 10.0 Å². The van der Waals surface area contributed by atoms with Crippen LogP contribution < -0.4 is 0 Å². The summed E-state index contributed by atoms with van der Waals surface area (Å²) >= 11 is 0. The summed E-state index contributed by atoms with van der Waals surface area (Å²) in [4.78, 5) is 14.3. The Kier molecular flexibility index (Phi) is 4.08. The highest BCUT2D eigenvalue weighted by Crippen LogP contribution is 2.27. The summed E-state index contributed by atoms with van der Waals surface area (Å²) in [6.45, 7) is 3.22. The van der Waals surface area contributed by atoms with Crippen molar-refractivity contribution in [2.75, 3.05) is 13.1 Å². The van der Waals surface area contributed by atoms with Crippen LogP contribution in [-0.2, 0) is 4.79 Å². The number of nitrogens with zero attached hydrogens (tertiary/aromatic N) is 1. The lowest BCUT2D eigenvalue weighted by Gasteiger charge is -2.38. The second kappa shape index (κ2) is 5.38. The molecule has 2 rings (SSSR count). The Morgan fingerprint density at radius 2 is 1.82 bits per heavy atom. The maximum absolute atomic E-state index is 12.4. The second-order valence-corrected chi connectivity index (χ2v) is 6.05. The predicted molar refractivity (Wildman–Crippen MR) is 67.6 cm³/mol. The molecule has 1 aliphatic heterocycles. The lowest BCUT2D eigenvalue weighted by molar-refractivity contribution is -0.142. The fraction of sp³-hybridized carbons (Fsp3) is 0.929. The third kappa shape index (κ3) is 3.44. The van der Waals surface area contributed by atoms with Crippen LogP contribution in [0.1, 0.15) is 58.3 Å². The number of aliphatic hydroxyl groups is 1. The minimum atomic E-state index is -0.668. The van der Waals surface area contributed by atoms with E-state index in [0.29, 0.717) is 12.5 Å². The molecule has 1 heterocycles. The molecule has 0 aromatic rings. The third-order valence-electron chi connectivity index (χ3n) is 4.19. The van der Waals surface area contributed by atoms with Crippen LogP contribution in [0.2, 0.25) is 0 Å². The van der Waals surface area contributed by atoms with Crippen LogP contribution in [-0.4, -0.2) is 34.6 Å². The molecular formula is C14H25NO2. The maximum Gasteiger partial charge on any atom is 0.225 e. The quantitative estimate of drug-likeness (QED) is 0.713. The Morgan fingerprint density at radius 3 is 2.41 bits per heavy atom. The van der Waals surface area contributed by atoms with Crippen molar-refractivity contribution >= 4 is 5.91 Å². The first-order chi connectivity index (χ1) is 8.08. The topological polar surface area (TPSA) is 40.5 Å². The Labute approximate surface area is 104 Å². The SMILES string of the molecule is CC1(O)CCCN(C(=O)C2CCCCCC2)C1. The monoisotopic (exact) mass is 239 g/mol. The van der Waals surface area contributed by atoms with Crippen molar-refractivity contribution in [3.63, 3.8) is 0 Å². The van der Waals surface area contributed by atoms with Gasteiger partial charge >= 0.3 is 0 Å². The van der Waals surface area contributed by atoms with Gasteiger partial charge in [-0.15, -0.1) is 0 Å². The number of carbonyl (C=O) groups excluding carboxylic acids is 1. The number of hydrogen-bond donors (Lipinski definition) is 1. The van der Waals surface area contributed by atoms with Crippen molar-refractivity contribution in [2.45, 2.75) is 63.9 Å². The van der Waals surface area contributed by atoms with Gasteiger partial charge in [0.25, 0.3) is 0 Å². The number of amides is 1. The molecule has 1 atom stereocenters. The molecular weight excluding hydrogens is 214 g/mol. The van der Waals surface area contributed by atoms with Crippen LogP contribution in [0.15, 0.2) is 0 Å². The summed E-state index contributed by atoms with van der Waals surface area (Å²) in [5.41, 5.74) is -0.668. The molecule has 3 nitrogen and oxygen atoms in total. The molecule has 98 valence electrons. The Hall–Kier alpha value is -0.570. The van der Waals surface area contributed by atoms with E-state index in [1.54, 1.807) is 0 Å². The normalized spacial score (nSPS) is 32.2. The first kappa shape index (κ1) is 12.9. The highest BCUT2D eigenvalue weighted by Gasteiger charge is 2.33. The number of β-amino-alcohol motifs (C(OH)–C–C–N with tert-alkyl or cyclic N) is 1. The van der Waals surface area contributed by atoms with E-state index in [0.717, 1.165) is 32.2 Å². The largest absolute Gasteiger partial charge is 0.388 e. The van der Waals surface area contributed by atoms with Gasteiger partial charge in [0, 0.05) is 19.0 Å². The lowest BCUT2D eigenvalue weighted by atomic mass is 9.92. The number of piperidine rings is 1. The predicted octanol–water partition coefficient (Wildman–Crippen LogP) is 2.33. The molecule has 1 unspecified atom stereocenters. The molecule has 0 bridgehead atoms. The van der Waals surface area contributed by atoms with E-state index in [4.69, 9.17) is 0 Å². The molecule has 1 N–H and O–H groups in total. The fourth-order valence-electron chi connectivity index (χ4n) is 3.19. The van der Waals surface area contributed by atoms with Crippen LogP contribution in [0, 0.1) is 5.92 Å². The van der Waals surface area contributed by atoms with Gasteiger partial charge in [0.1, 0.15) is 0 Å². The minimum Gasteiger partial charge on any atom is -0.388 e. The molecule has 1 saturated heterocycles. The zero-order valence-corrected chi connectivity index (χ0v) is 11.0. The molecule has 1 aliphatic carbocycles. The molecule has 0 aromatic heterocycles. The summed E-state index contributed by atoms with van der Waals surface area (Å²) in [6, 6.07) is 0. The van der Waals surface area contributed by atoms with Gasteiger partial charge in [-0.1, -0.05) is 25.7 Å². The van der Waals surface area contributed by atoms with Crippen molar-refractivity contribution in [2.24, 2.45) is 5.92 Å². The molecule has 2 aliphatic rings. The Balaban J connectivity index is 1.93. The summed E-state index contributed by atoms with van der Waals surface area (Å²) in [6.07, 6.45) is 8.81. The van der Waals surface area contributed by atoms with Crippen molar-refractivity contribution in [3.05, 3.63) is 0 Å². The second-order valence-electron chi connectivity index (χ2n) is 6.05. The first-order valence-electron chi connectivity index (χ1n) is 7.10. The molecule has 3 heteroatoms. The summed E-state index contributed by atoms with van der Waals surface area (Å²) in [5, 5.41) is 10.1. The summed E-state index contributed by atoms with van der Waals surface area (Å²) < 4.78 is 0. The van der Waals surface area contributed by atoms with E-state index in [1.165, 1.54) is 25.7 Å². The van der Waals surface area contributed by atoms with Crippen molar-refractivity contribution in [1.82, 2.24) is 4.90 Å². The molecule has 17 heavy (non-hydrogen) atoms. The number of hydrogen-bond acceptors (Lipinski definition) is 2. The van der Waals surface area contributed by atoms with Gasteiger partial charge in [-0.2, -0.15) is 0 Å². The Morgan fingerprint density at radius 1 is 1.18 bits per heavy atom. The van der Waals surface area contributed by atoms with E-state index >= 15 is 0 Å². The zero-order valence-electron chi connectivity index (χ0n) is 11.0. The number of rotatable bonds is 1. The van der Waals surface area contributed by atoms with E-state index in [9.17, 15) is 9.90 Å². The first-order valence-corrected chi connectivity index (χ1v) is 7.10. The van der Waals surface area contributed by atoms with Gasteiger partial charge in [0.05, 0.1) is 5.60 Å². The Bertz CT molecular complexity index is 267. The lowest BCUT2D eigenvalue weighted by Crippen LogP contribution is -2.50. The molecule has 0 spiro atoms. The van der Waals surface area contributed by atoms with E-state index in [1.807, 2.05) is 11.8 Å². The van der Waals surface area contributed by atoms with Crippen LogP contribution in [0.3, 0.4) is 0 Å². The smallest absolute Gasteiger partial charge is 0.225 e. The minimum absolute atomic E-state index is 0.228. The van der Waals surface area contributed by atoms with Crippen LogP contribution in [0.25, 0.3) is 0 Å². The van der Waals surface area contributed by atoms with Gasteiger partial charge in [-0.05, 0) is 32.6 Å². The number of likely N-dealkylation sites (tertiary alicyclic amines) is 1. The van der Waals surface area contributed by atoms with E-state index in [2.05, 4.69) is 0 Å². The summed E-state index contributed by atoms with van der Waals surface area (Å²) in [5.74, 6) is 0.526. The van der Waals surface area contributed by atoms with E-state index < -0.39 is 5.60 Å². The molecule has 1 amide bonds. The van der Waals surface area contributed by atoms with Gasteiger partial charge in [-0.25, -0.2) is 0 Å². The summed E-state index contributed by atoms with van der Waals surface area (Å²) in [7, 11) is 0. The molecule has 0 radical (unpaired) electrons. The molecule has 1 saturated carbocycles. The standard InChI is InChI=1S/C14H25NO2/c1-14(17)9-6-10-15(11-14)13(16)12-7-4-2-3-5-8-12/h12,17H,2-11H2,1H3. The zero-order chi connectivity index (χ0) is 12.3. The van der Waals surface area contributed by atoms with Gasteiger partial charge in [0.2, 0.25) is 5.91 Å². The van der Waals surface area contributed by atoms with Crippen molar-refractivity contribution < 1.29 is 9.90 Å². The van der Waals surface area contributed by atoms with Crippen LogP contribution in [0.4, 0.5) is 0 Å². The highest BCUT2D eigenvalue weighted by molar-refractivity contribution is 5.79. The third-order valence-corrected chi connectivity index (χ3v) is 4.19. The van der Waals surface area contributed by atoms with Crippen molar-refractivity contribution in [1.29, 1.82) is 0 Å². The average molecular weight is 239 g/mol. The highest BCUT2D eigenvalue weighted by atomic mass is 16.3.